The van der Waals surface area contributed by atoms with Gasteiger partial charge in [0.05, 0.1) is 23.5 Å². The number of alkyl halides is 2. The van der Waals surface area contributed by atoms with Crippen molar-refractivity contribution in [3.8, 4) is 5.75 Å². The van der Waals surface area contributed by atoms with E-state index in [4.69, 9.17) is 4.74 Å². The number of hydrogen-bond acceptors (Lipinski definition) is 5. The Bertz CT molecular complexity index is 1120. The number of ether oxygens (including phenoxy) is 1. The first kappa shape index (κ1) is 21.7. The number of H-pyrrole nitrogens is 1. The Morgan fingerprint density at radius 3 is 2.81 bits per heavy atom. The molecule has 2 heterocycles. The molecule has 1 aromatic carbocycles. The molecule has 1 fully saturated rings. The highest BCUT2D eigenvalue weighted by molar-refractivity contribution is 5.95. The first-order valence-electron chi connectivity index (χ1n) is 10.4. The van der Waals surface area contributed by atoms with Crippen LogP contribution in [-0.2, 0) is 4.79 Å². The van der Waals surface area contributed by atoms with Crippen LogP contribution in [0.25, 0.3) is 10.9 Å². The zero-order valence-corrected chi connectivity index (χ0v) is 17.4. The van der Waals surface area contributed by atoms with E-state index in [0.29, 0.717) is 5.75 Å². The fourth-order valence-corrected chi connectivity index (χ4v) is 3.44. The number of hydrogen-bond donors (Lipinski definition) is 2. The Balaban J connectivity index is 1.32. The standard InChI is InChI=1S/C22H23F2N5O3/c1-13(32-16-10-14-4-2-3-5-18(14)26-11-16)21(30)25-8-9-29(15-6-7-15)22(31)17-12-27-28-19(17)20(23)24/h2-5,10-13,15,20H,6-9H2,1H3,(H,25,30)(H,27,28)/t13-/m0/s1. The third kappa shape index (κ3) is 4.84. The molecule has 0 unspecified atom stereocenters. The number of pyridine rings is 1. The smallest absolute Gasteiger partial charge is 0.280 e. The summed E-state index contributed by atoms with van der Waals surface area (Å²) in [4.78, 5) is 31.0. The Morgan fingerprint density at radius 2 is 2.06 bits per heavy atom. The van der Waals surface area contributed by atoms with Crippen molar-refractivity contribution in [3.63, 3.8) is 0 Å². The number of nitrogens with one attached hydrogen (secondary N) is 2. The first-order chi connectivity index (χ1) is 15.4. The fraction of sp³-hybridized carbons (Fsp3) is 0.364. The van der Waals surface area contributed by atoms with Gasteiger partial charge >= 0.3 is 0 Å². The van der Waals surface area contributed by atoms with Crippen molar-refractivity contribution >= 4 is 22.7 Å². The Hall–Kier alpha value is -3.56. The van der Waals surface area contributed by atoms with E-state index in [1.54, 1.807) is 13.1 Å². The number of para-hydroxylation sites is 1. The highest BCUT2D eigenvalue weighted by Gasteiger charge is 2.35. The highest BCUT2D eigenvalue weighted by atomic mass is 19.3. The van der Waals surface area contributed by atoms with Crippen molar-refractivity contribution < 1.29 is 23.1 Å². The molecule has 32 heavy (non-hydrogen) atoms. The molecule has 1 aliphatic carbocycles. The molecule has 4 rings (SSSR count). The van der Waals surface area contributed by atoms with Crippen molar-refractivity contribution in [2.24, 2.45) is 0 Å². The number of fused-ring (bicyclic) bond motifs is 1. The van der Waals surface area contributed by atoms with Crippen LogP contribution < -0.4 is 10.1 Å². The number of nitrogens with zero attached hydrogens (tertiary/aromatic N) is 3. The molecule has 1 aliphatic rings. The molecule has 0 aliphatic heterocycles. The third-order valence-electron chi connectivity index (χ3n) is 5.27. The van der Waals surface area contributed by atoms with Crippen LogP contribution in [0.5, 0.6) is 5.75 Å². The molecule has 2 aromatic heterocycles. The van der Waals surface area contributed by atoms with Crippen LogP contribution in [-0.4, -0.2) is 57.1 Å². The lowest BCUT2D eigenvalue weighted by Gasteiger charge is -2.23. The van der Waals surface area contributed by atoms with Gasteiger partial charge in [-0.2, -0.15) is 5.10 Å². The topological polar surface area (TPSA) is 100 Å². The third-order valence-corrected chi connectivity index (χ3v) is 5.27. The van der Waals surface area contributed by atoms with Gasteiger partial charge in [-0.3, -0.25) is 19.7 Å². The predicted molar refractivity (Wildman–Crippen MR) is 112 cm³/mol. The zero-order valence-electron chi connectivity index (χ0n) is 17.4. The van der Waals surface area contributed by atoms with Crippen molar-refractivity contribution in [1.29, 1.82) is 0 Å². The van der Waals surface area contributed by atoms with Gasteiger partial charge in [-0.25, -0.2) is 8.78 Å². The SMILES string of the molecule is C[C@H](Oc1cnc2ccccc2c1)C(=O)NCCN(C(=O)c1cn[nH]c1C(F)F)C1CC1. The molecule has 0 spiro atoms. The van der Waals surface area contributed by atoms with E-state index in [-0.39, 0.29) is 30.6 Å². The van der Waals surface area contributed by atoms with Crippen molar-refractivity contribution in [1.82, 2.24) is 25.4 Å². The van der Waals surface area contributed by atoms with Crippen LogP contribution in [0.4, 0.5) is 8.78 Å². The average Bonchev–Trinajstić information content (AvgIpc) is 3.50. The van der Waals surface area contributed by atoms with Gasteiger partial charge in [-0.1, -0.05) is 18.2 Å². The van der Waals surface area contributed by atoms with E-state index in [9.17, 15) is 18.4 Å². The number of amides is 2. The maximum Gasteiger partial charge on any atom is 0.280 e. The second-order valence-corrected chi connectivity index (χ2v) is 7.64. The lowest BCUT2D eigenvalue weighted by Crippen LogP contribution is -2.43. The summed E-state index contributed by atoms with van der Waals surface area (Å²) >= 11 is 0. The molecule has 8 nitrogen and oxygen atoms in total. The summed E-state index contributed by atoms with van der Waals surface area (Å²) in [7, 11) is 0. The monoisotopic (exact) mass is 443 g/mol. The fourth-order valence-electron chi connectivity index (χ4n) is 3.44. The molecule has 0 radical (unpaired) electrons. The molecule has 0 bridgehead atoms. The normalized spacial score (nSPS) is 14.4. The minimum absolute atomic E-state index is 0.0165. The van der Waals surface area contributed by atoms with Crippen LogP contribution >= 0.6 is 0 Å². The Morgan fingerprint density at radius 1 is 1.28 bits per heavy atom. The number of halogens is 2. The van der Waals surface area contributed by atoms with E-state index in [1.807, 2.05) is 30.3 Å². The first-order valence-corrected chi connectivity index (χ1v) is 10.4. The van der Waals surface area contributed by atoms with E-state index >= 15 is 0 Å². The van der Waals surface area contributed by atoms with E-state index in [0.717, 1.165) is 29.9 Å². The Kier molecular flexibility index (Phi) is 6.29. The van der Waals surface area contributed by atoms with E-state index < -0.39 is 24.1 Å². The van der Waals surface area contributed by atoms with Gasteiger partial charge in [0.25, 0.3) is 18.2 Å². The van der Waals surface area contributed by atoms with Gasteiger partial charge in [-0.05, 0) is 31.9 Å². The van der Waals surface area contributed by atoms with E-state index in [2.05, 4.69) is 20.5 Å². The molecule has 1 saturated carbocycles. The zero-order chi connectivity index (χ0) is 22.7. The number of carbonyl (C=O) groups excluding carboxylic acids is 2. The van der Waals surface area contributed by atoms with Gasteiger partial charge in [0.15, 0.2) is 6.10 Å². The van der Waals surface area contributed by atoms with E-state index in [1.165, 1.54) is 4.90 Å². The average molecular weight is 443 g/mol. The van der Waals surface area contributed by atoms with Gasteiger partial charge < -0.3 is 15.0 Å². The largest absolute Gasteiger partial charge is 0.479 e. The van der Waals surface area contributed by atoms with Crippen molar-refractivity contribution in [2.75, 3.05) is 13.1 Å². The molecule has 3 aromatic rings. The van der Waals surface area contributed by atoms with Crippen LogP contribution in [0, 0.1) is 0 Å². The minimum atomic E-state index is -2.82. The molecule has 2 N–H and O–H groups in total. The number of aromatic nitrogens is 3. The number of rotatable bonds is 9. The summed E-state index contributed by atoms with van der Waals surface area (Å²) in [6.07, 6.45) is 0.685. The Labute approximate surface area is 183 Å². The van der Waals surface area contributed by atoms with Crippen LogP contribution in [0.15, 0.2) is 42.7 Å². The molecule has 1 atom stereocenters. The van der Waals surface area contributed by atoms with Crippen LogP contribution in [0.1, 0.15) is 42.2 Å². The van der Waals surface area contributed by atoms with Gasteiger partial charge in [0, 0.05) is 24.5 Å². The number of benzene rings is 1. The summed E-state index contributed by atoms with van der Waals surface area (Å²) in [5.74, 6) is -0.393. The lowest BCUT2D eigenvalue weighted by molar-refractivity contribution is -0.127. The summed E-state index contributed by atoms with van der Waals surface area (Å²) in [6, 6.07) is 9.37. The molecule has 2 amide bonds. The maximum atomic E-state index is 13.1. The molecular formula is C22H23F2N5O3. The second-order valence-electron chi connectivity index (χ2n) is 7.64. The summed E-state index contributed by atoms with van der Waals surface area (Å²) in [5, 5.41) is 9.40. The highest BCUT2D eigenvalue weighted by Crippen LogP contribution is 2.30. The van der Waals surface area contributed by atoms with Crippen molar-refractivity contribution in [2.45, 2.75) is 38.3 Å². The lowest BCUT2D eigenvalue weighted by atomic mass is 10.2. The summed E-state index contributed by atoms with van der Waals surface area (Å²) < 4.78 is 31.9. The summed E-state index contributed by atoms with van der Waals surface area (Å²) in [6.45, 7) is 1.99. The minimum Gasteiger partial charge on any atom is -0.479 e. The molecule has 0 saturated heterocycles. The number of carbonyl (C=O) groups is 2. The van der Waals surface area contributed by atoms with Gasteiger partial charge in [0.1, 0.15) is 11.4 Å². The number of aromatic amines is 1. The van der Waals surface area contributed by atoms with Crippen LogP contribution in [0.2, 0.25) is 0 Å². The second kappa shape index (κ2) is 9.29. The molecular weight excluding hydrogens is 420 g/mol. The molecule has 10 heteroatoms. The quantitative estimate of drug-likeness (QED) is 0.529. The van der Waals surface area contributed by atoms with Crippen molar-refractivity contribution in [3.05, 3.63) is 54.0 Å². The van der Waals surface area contributed by atoms with Gasteiger partial charge in [0.2, 0.25) is 0 Å². The summed E-state index contributed by atoms with van der Waals surface area (Å²) in [5.41, 5.74) is 0.198. The predicted octanol–water partition coefficient (Wildman–Crippen LogP) is 3.08. The maximum absolute atomic E-state index is 13.1. The molecule has 168 valence electrons. The van der Waals surface area contributed by atoms with Crippen LogP contribution in [0.3, 0.4) is 0 Å². The van der Waals surface area contributed by atoms with Gasteiger partial charge in [-0.15, -0.1) is 0 Å².